The first-order valence-corrected chi connectivity index (χ1v) is 5.86. The van der Waals surface area contributed by atoms with Crippen molar-refractivity contribution >= 4 is 21.9 Å². The number of nitrogens with zero attached hydrogens (tertiary/aromatic N) is 2. The Labute approximate surface area is 99.9 Å². The summed E-state index contributed by atoms with van der Waals surface area (Å²) in [6, 6.07) is 0. The van der Waals surface area contributed by atoms with Gasteiger partial charge in [-0.25, -0.2) is 4.99 Å². The zero-order valence-electron chi connectivity index (χ0n) is 9.33. The van der Waals surface area contributed by atoms with Crippen molar-refractivity contribution in [2.75, 3.05) is 6.54 Å². The predicted molar refractivity (Wildman–Crippen MR) is 68.8 cm³/mol. The van der Waals surface area contributed by atoms with E-state index in [9.17, 15) is 0 Å². The topological polar surface area (TPSA) is 41.6 Å². The van der Waals surface area contributed by atoms with Gasteiger partial charge in [-0.3, -0.25) is 0 Å². The van der Waals surface area contributed by atoms with Crippen LogP contribution in [0.1, 0.15) is 26.7 Å². The molecule has 0 aromatic rings. The van der Waals surface area contributed by atoms with Crippen LogP contribution in [0, 0.1) is 0 Å². The van der Waals surface area contributed by atoms with Gasteiger partial charge < -0.3 is 10.6 Å². The summed E-state index contributed by atoms with van der Waals surface area (Å²) in [5.74, 6) is 0.580. The maximum absolute atomic E-state index is 5.93. The van der Waals surface area contributed by atoms with Crippen LogP contribution in [0.25, 0.3) is 0 Å². The fourth-order valence-corrected chi connectivity index (χ4v) is 1.88. The van der Waals surface area contributed by atoms with Crippen LogP contribution in [0.3, 0.4) is 0 Å². The molecule has 1 rings (SSSR count). The van der Waals surface area contributed by atoms with E-state index in [1.807, 2.05) is 0 Å². The summed E-state index contributed by atoms with van der Waals surface area (Å²) >= 11 is 3.30. The Kier molecular flexibility index (Phi) is 3.97. The minimum absolute atomic E-state index is 0.127. The molecule has 15 heavy (non-hydrogen) atoms. The van der Waals surface area contributed by atoms with Crippen molar-refractivity contribution < 1.29 is 0 Å². The van der Waals surface area contributed by atoms with E-state index in [0.717, 1.165) is 17.4 Å². The molecular weight excluding hydrogens is 254 g/mol. The van der Waals surface area contributed by atoms with Crippen molar-refractivity contribution in [2.24, 2.45) is 10.7 Å². The molecule has 0 aromatic heterocycles. The molecule has 0 unspecified atom stereocenters. The molecule has 84 valence electrons. The highest BCUT2D eigenvalue weighted by molar-refractivity contribution is 9.11. The summed E-state index contributed by atoms with van der Waals surface area (Å²) in [5, 5.41) is 0. The Balaban J connectivity index is 2.76. The SMILES string of the molecule is C=C/C(Br)=C\N=C(N)N1CCCC1(C)C. The smallest absolute Gasteiger partial charge is 0.196 e. The summed E-state index contributed by atoms with van der Waals surface area (Å²) < 4.78 is 0.836. The van der Waals surface area contributed by atoms with Crippen molar-refractivity contribution in [1.82, 2.24) is 4.90 Å². The van der Waals surface area contributed by atoms with E-state index in [4.69, 9.17) is 5.73 Å². The van der Waals surface area contributed by atoms with Gasteiger partial charge in [0.2, 0.25) is 0 Å². The van der Waals surface area contributed by atoms with Gasteiger partial charge in [-0.2, -0.15) is 0 Å². The number of hydrogen-bond donors (Lipinski definition) is 1. The highest BCUT2D eigenvalue weighted by Crippen LogP contribution is 2.27. The normalized spacial score (nSPS) is 21.9. The van der Waals surface area contributed by atoms with E-state index in [0.29, 0.717) is 5.96 Å². The second-order valence-corrected chi connectivity index (χ2v) is 5.19. The maximum Gasteiger partial charge on any atom is 0.196 e. The molecule has 1 heterocycles. The molecular formula is C11H18BrN3. The summed E-state index contributed by atoms with van der Waals surface area (Å²) in [5.41, 5.74) is 6.06. The van der Waals surface area contributed by atoms with Gasteiger partial charge in [-0.15, -0.1) is 0 Å². The molecule has 2 N–H and O–H groups in total. The van der Waals surface area contributed by atoms with Gasteiger partial charge in [0.15, 0.2) is 5.96 Å². The first-order valence-electron chi connectivity index (χ1n) is 5.06. The summed E-state index contributed by atoms with van der Waals surface area (Å²) in [7, 11) is 0. The van der Waals surface area contributed by atoms with E-state index in [1.165, 1.54) is 6.42 Å². The molecule has 0 spiro atoms. The first kappa shape index (κ1) is 12.3. The minimum atomic E-state index is 0.127. The maximum atomic E-state index is 5.93. The van der Waals surface area contributed by atoms with Gasteiger partial charge in [-0.05, 0) is 42.6 Å². The van der Waals surface area contributed by atoms with Crippen LogP contribution in [0.4, 0.5) is 0 Å². The zero-order chi connectivity index (χ0) is 11.5. The fraction of sp³-hybridized carbons (Fsp3) is 0.545. The van der Waals surface area contributed by atoms with Crippen molar-refractivity contribution in [3.05, 3.63) is 23.3 Å². The average Bonchev–Trinajstić information content (AvgIpc) is 2.53. The highest BCUT2D eigenvalue weighted by Gasteiger charge is 2.32. The molecule has 0 amide bonds. The number of likely N-dealkylation sites (tertiary alicyclic amines) is 1. The van der Waals surface area contributed by atoms with E-state index in [1.54, 1.807) is 12.3 Å². The average molecular weight is 272 g/mol. The molecule has 3 nitrogen and oxygen atoms in total. The molecule has 0 atom stereocenters. The lowest BCUT2D eigenvalue weighted by Crippen LogP contribution is -2.46. The number of hydrogen-bond acceptors (Lipinski definition) is 1. The van der Waals surface area contributed by atoms with Gasteiger partial charge in [-0.1, -0.05) is 12.7 Å². The van der Waals surface area contributed by atoms with Gasteiger partial charge >= 0.3 is 0 Å². The summed E-state index contributed by atoms with van der Waals surface area (Å²) in [4.78, 5) is 6.36. The second kappa shape index (κ2) is 4.84. The largest absolute Gasteiger partial charge is 0.369 e. The molecule has 0 saturated carbocycles. The fourth-order valence-electron chi connectivity index (χ4n) is 1.78. The standard InChI is InChI=1S/C11H18BrN3/c1-4-9(12)8-14-10(13)15-7-5-6-11(15,2)3/h4,8H,1,5-7H2,2-3H3,(H2,13,14)/b9-8+. The van der Waals surface area contributed by atoms with Gasteiger partial charge in [0.1, 0.15) is 0 Å². The summed E-state index contributed by atoms with van der Waals surface area (Å²) in [6.07, 6.45) is 5.70. The Morgan fingerprint density at radius 2 is 2.27 bits per heavy atom. The lowest BCUT2D eigenvalue weighted by molar-refractivity contribution is 0.279. The minimum Gasteiger partial charge on any atom is -0.369 e. The van der Waals surface area contributed by atoms with Crippen molar-refractivity contribution in [1.29, 1.82) is 0 Å². The third-order valence-corrected chi connectivity index (χ3v) is 3.22. The number of halogens is 1. The van der Waals surface area contributed by atoms with Gasteiger partial charge in [0, 0.05) is 22.8 Å². The number of rotatable bonds is 2. The molecule has 0 aromatic carbocycles. The molecule has 1 fully saturated rings. The molecule has 4 heteroatoms. The molecule has 1 aliphatic heterocycles. The van der Waals surface area contributed by atoms with Crippen LogP contribution in [0.5, 0.6) is 0 Å². The lowest BCUT2D eigenvalue weighted by atomic mass is 10.0. The lowest BCUT2D eigenvalue weighted by Gasteiger charge is -2.32. The Morgan fingerprint density at radius 3 is 2.73 bits per heavy atom. The van der Waals surface area contributed by atoms with Crippen molar-refractivity contribution in [3.8, 4) is 0 Å². The Morgan fingerprint density at radius 1 is 1.60 bits per heavy atom. The third-order valence-electron chi connectivity index (χ3n) is 2.69. The first-order chi connectivity index (χ1) is 6.97. The highest BCUT2D eigenvalue weighted by atomic mass is 79.9. The van der Waals surface area contributed by atoms with Crippen LogP contribution in [0.15, 0.2) is 28.3 Å². The van der Waals surface area contributed by atoms with Crippen LogP contribution in [-0.4, -0.2) is 22.9 Å². The zero-order valence-corrected chi connectivity index (χ0v) is 10.9. The number of nitrogens with two attached hydrogens (primary N) is 1. The van der Waals surface area contributed by atoms with E-state index < -0.39 is 0 Å². The predicted octanol–water partition coefficient (Wildman–Crippen LogP) is 2.60. The van der Waals surface area contributed by atoms with Crippen LogP contribution >= 0.6 is 15.9 Å². The summed E-state index contributed by atoms with van der Waals surface area (Å²) in [6.45, 7) is 8.99. The van der Waals surface area contributed by atoms with Crippen molar-refractivity contribution in [2.45, 2.75) is 32.2 Å². The van der Waals surface area contributed by atoms with Gasteiger partial charge in [0.25, 0.3) is 0 Å². The van der Waals surface area contributed by atoms with E-state index in [-0.39, 0.29) is 5.54 Å². The second-order valence-electron chi connectivity index (χ2n) is 4.27. The van der Waals surface area contributed by atoms with Gasteiger partial charge in [0.05, 0.1) is 0 Å². The van der Waals surface area contributed by atoms with Crippen molar-refractivity contribution in [3.63, 3.8) is 0 Å². The van der Waals surface area contributed by atoms with E-state index in [2.05, 4.69) is 46.2 Å². The molecule has 0 radical (unpaired) electrons. The van der Waals surface area contributed by atoms with Crippen LogP contribution < -0.4 is 5.73 Å². The van der Waals surface area contributed by atoms with E-state index >= 15 is 0 Å². The Hall–Kier alpha value is -0.770. The third kappa shape index (κ3) is 3.09. The monoisotopic (exact) mass is 271 g/mol. The quantitative estimate of drug-likeness (QED) is 0.477. The molecule has 0 bridgehead atoms. The number of allylic oxidation sites excluding steroid dienone is 2. The van der Waals surface area contributed by atoms with Crippen LogP contribution in [0.2, 0.25) is 0 Å². The molecule has 1 aliphatic rings. The number of aliphatic imine (C=N–C) groups is 1. The molecule has 0 aliphatic carbocycles. The molecule has 1 saturated heterocycles. The number of guanidine groups is 1. The van der Waals surface area contributed by atoms with Crippen LogP contribution in [-0.2, 0) is 0 Å². The Bertz CT molecular complexity index is 305.